The molecule has 0 aliphatic carbocycles. The van der Waals surface area contributed by atoms with E-state index in [-0.39, 0.29) is 5.91 Å². The lowest BCUT2D eigenvalue weighted by Gasteiger charge is -2.15. The van der Waals surface area contributed by atoms with Gasteiger partial charge in [0.25, 0.3) is 5.91 Å². The molecule has 0 radical (unpaired) electrons. The van der Waals surface area contributed by atoms with Gasteiger partial charge in [-0.2, -0.15) is 0 Å². The van der Waals surface area contributed by atoms with Crippen molar-refractivity contribution in [2.24, 2.45) is 0 Å². The topological polar surface area (TPSA) is 71.0 Å². The van der Waals surface area contributed by atoms with Gasteiger partial charge < -0.3 is 10.2 Å². The Kier molecular flexibility index (Phi) is 4.40. The largest absolute Gasteiger partial charge is 0.369 e. The molecule has 6 nitrogen and oxygen atoms in total. The van der Waals surface area contributed by atoms with E-state index >= 15 is 0 Å². The second kappa shape index (κ2) is 6.24. The van der Waals surface area contributed by atoms with Crippen LogP contribution in [-0.2, 0) is 6.54 Å². The van der Waals surface area contributed by atoms with Crippen molar-refractivity contribution in [3.8, 4) is 0 Å². The average Bonchev–Trinajstić information content (AvgIpc) is 2.92. The van der Waals surface area contributed by atoms with E-state index in [1.807, 2.05) is 12.3 Å². The lowest BCUT2D eigenvalue weighted by Crippen LogP contribution is -2.27. The first kappa shape index (κ1) is 13.4. The summed E-state index contributed by atoms with van der Waals surface area (Å²) in [7, 11) is 1.72. The number of carbonyl (C=O) groups is 1. The molecule has 1 N–H and O–H groups in total. The van der Waals surface area contributed by atoms with E-state index in [2.05, 4.69) is 20.3 Å². The van der Waals surface area contributed by atoms with E-state index in [4.69, 9.17) is 0 Å². The van der Waals surface area contributed by atoms with Crippen molar-refractivity contribution in [2.45, 2.75) is 13.5 Å². The van der Waals surface area contributed by atoms with Crippen LogP contribution in [0.2, 0.25) is 0 Å². The number of rotatable bonds is 5. The van der Waals surface area contributed by atoms with E-state index in [1.165, 1.54) is 17.5 Å². The Morgan fingerprint density at radius 2 is 2.21 bits per heavy atom. The molecule has 19 heavy (non-hydrogen) atoms. The van der Waals surface area contributed by atoms with Crippen molar-refractivity contribution in [3.63, 3.8) is 0 Å². The number of amides is 1. The molecule has 2 heterocycles. The van der Waals surface area contributed by atoms with Crippen LogP contribution in [0.3, 0.4) is 0 Å². The van der Waals surface area contributed by atoms with Crippen LogP contribution in [-0.4, -0.2) is 39.4 Å². The van der Waals surface area contributed by atoms with Crippen LogP contribution in [0.5, 0.6) is 0 Å². The monoisotopic (exact) mass is 277 g/mol. The van der Waals surface area contributed by atoms with E-state index in [1.54, 1.807) is 23.7 Å². The third-order valence-electron chi connectivity index (χ3n) is 2.46. The van der Waals surface area contributed by atoms with Crippen LogP contribution in [0.1, 0.15) is 23.1 Å². The molecule has 2 rings (SSSR count). The van der Waals surface area contributed by atoms with Crippen molar-refractivity contribution in [1.29, 1.82) is 0 Å². The van der Waals surface area contributed by atoms with Gasteiger partial charge in [-0.25, -0.2) is 15.0 Å². The fourth-order valence-electron chi connectivity index (χ4n) is 1.54. The number of hydrogen-bond acceptors (Lipinski definition) is 6. The Morgan fingerprint density at radius 3 is 2.79 bits per heavy atom. The average molecular weight is 277 g/mol. The molecule has 0 spiro atoms. The number of thiazole rings is 1. The lowest BCUT2D eigenvalue weighted by atomic mass is 10.3. The first-order valence-corrected chi connectivity index (χ1v) is 6.83. The van der Waals surface area contributed by atoms with Crippen molar-refractivity contribution in [3.05, 3.63) is 34.7 Å². The van der Waals surface area contributed by atoms with Crippen LogP contribution in [0, 0.1) is 0 Å². The quantitative estimate of drug-likeness (QED) is 0.899. The predicted molar refractivity (Wildman–Crippen MR) is 74.1 cm³/mol. The Morgan fingerprint density at radius 1 is 1.37 bits per heavy atom. The Labute approximate surface area is 115 Å². The van der Waals surface area contributed by atoms with Crippen LogP contribution in [0.15, 0.2) is 23.3 Å². The smallest absolute Gasteiger partial charge is 0.274 e. The van der Waals surface area contributed by atoms with Crippen molar-refractivity contribution in [2.75, 3.05) is 18.9 Å². The highest BCUT2D eigenvalue weighted by Gasteiger charge is 2.14. The molecule has 2 aromatic rings. The molecule has 0 unspecified atom stereocenters. The molecule has 0 fully saturated rings. The fraction of sp³-hybridized carbons (Fsp3) is 0.333. The summed E-state index contributed by atoms with van der Waals surface area (Å²) in [5.41, 5.74) is 2.95. The highest BCUT2D eigenvalue weighted by Crippen LogP contribution is 2.08. The summed E-state index contributed by atoms with van der Waals surface area (Å²) >= 11 is 1.51. The van der Waals surface area contributed by atoms with Gasteiger partial charge in [0, 0.05) is 19.0 Å². The van der Waals surface area contributed by atoms with Gasteiger partial charge in [0.15, 0.2) is 0 Å². The van der Waals surface area contributed by atoms with Crippen LogP contribution in [0.4, 0.5) is 5.82 Å². The lowest BCUT2D eigenvalue weighted by molar-refractivity contribution is 0.0777. The maximum atomic E-state index is 12.1. The van der Waals surface area contributed by atoms with Crippen LogP contribution in [0.25, 0.3) is 0 Å². The molecule has 1 amide bonds. The number of nitrogens with one attached hydrogen (secondary N) is 1. The molecule has 0 saturated carbocycles. The highest BCUT2D eigenvalue weighted by atomic mass is 32.1. The van der Waals surface area contributed by atoms with Gasteiger partial charge in [-0.1, -0.05) is 0 Å². The van der Waals surface area contributed by atoms with E-state index in [0.717, 1.165) is 12.2 Å². The Hall–Kier alpha value is -2.02. The maximum absolute atomic E-state index is 12.1. The number of anilines is 1. The molecule has 0 atom stereocenters. The summed E-state index contributed by atoms with van der Waals surface area (Å²) in [6.45, 7) is 3.22. The normalized spacial score (nSPS) is 10.2. The van der Waals surface area contributed by atoms with Gasteiger partial charge in [0.1, 0.15) is 11.5 Å². The van der Waals surface area contributed by atoms with E-state index in [0.29, 0.717) is 18.1 Å². The minimum absolute atomic E-state index is 0.163. The van der Waals surface area contributed by atoms with Gasteiger partial charge in [0.05, 0.1) is 30.1 Å². The summed E-state index contributed by atoms with van der Waals surface area (Å²) in [5.74, 6) is 0.504. The Bertz CT molecular complexity index is 526. The first-order valence-electron chi connectivity index (χ1n) is 5.89. The minimum Gasteiger partial charge on any atom is -0.369 e. The zero-order valence-electron chi connectivity index (χ0n) is 10.8. The fourth-order valence-corrected chi connectivity index (χ4v) is 2.09. The van der Waals surface area contributed by atoms with Crippen LogP contribution >= 0.6 is 11.3 Å². The first-order chi connectivity index (χ1) is 9.20. The van der Waals surface area contributed by atoms with Crippen molar-refractivity contribution in [1.82, 2.24) is 19.9 Å². The standard InChI is InChI=1S/C12H15N5OS/c1-3-13-11-5-14-10(4-15-11)12(18)17(2)6-9-7-19-8-16-9/h4-5,7-8H,3,6H2,1-2H3,(H,13,15). The minimum atomic E-state index is -0.163. The molecule has 7 heteroatoms. The zero-order valence-corrected chi connectivity index (χ0v) is 11.6. The molecule has 0 aliphatic rings. The van der Waals surface area contributed by atoms with E-state index < -0.39 is 0 Å². The SMILES string of the molecule is CCNc1cnc(C(=O)N(C)Cc2cscn2)cn1. The third-order valence-corrected chi connectivity index (χ3v) is 3.09. The Balaban J connectivity index is 2.02. The van der Waals surface area contributed by atoms with Gasteiger partial charge >= 0.3 is 0 Å². The van der Waals surface area contributed by atoms with E-state index in [9.17, 15) is 4.79 Å². The second-order valence-electron chi connectivity index (χ2n) is 3.96. The van der Waals surface area contributed by atoms with Gasteiger partial charge in [0.2, 0.25) is 0 Å². The zero-order chi connectivity index (χ0) is 13.7. The summed E-state index contributed by atoms with van der Waals surface area (Å²) in [6, 6.07) is 0. The van der Waals surface area contributed by atoms with Crippen molar-refractivity contribution < 1.29 is 4.79 Å². The maximum Gasteiger partial charge on any atom is 0.274 e. The molecule has 0 aliphatic heterocycles. The van der Waals surface area contributed by atoms with Gasteiger partial charge in [-0.05, 0) is 6.92 Å². The molecule has 0 bridgehead atoms. The predicted octanol–water partition coefficient (Wildman–Crippen LogP) is 1.64. The van der Waals surface area contributed by atoms with Gasteiger partial charge in [-0.3, -0.25) is 4.79 Å². The highest BCUT2D eigenvalue weighted by molar-refractivity contribution is 7.07. The van der Waals surface area contributed by atoms with Crippen LogP contribution < -0.4 is 5.32 Å². The van der Waals surface area contributed by atoms with Crippen molar-refractivity contribution >= 4 is 23.1 Å². The summed E-state index contributed by atoms with van der Waals surface area (Å²) in [5, 5.41) is 4.95. The molecule has 100 valence electrons. The molecule has 0 aromatic carbocycles. The number of hydrogen-bond donors (Lipinski definition) is 1. The molecular formula is C12H15N5OS. The summed E-state index contributed by atoms with van der Waals surface area (Å²) < 4.78 is 0. The molecule has 0 saturated heterocycles. The second-order valence-corrected chi connectivity index (χ2v) is 4.68. The summed E-state index contributed by atoms with van der Waals surface area (Å²) in [6.07, 6.45) is 3.05. The number of nitrogens with zero attached hydrogens (tertiary/aromatic N) is 4. The molecule has 2 aromatic heterocycles. The summed E-state index contributed by atoms with van der Waals surface area (Å²) in [4.78, 5) is 26.1. The number of aromatic nitrogens is 3. The number of carbonyl (C=O) groups excluding carboxylic acids is 1. The molecular weight excluding hydrogens is 262 g/mol. The third kappa shape index (κ3) is 3.47. The van der Waals surface area contributed by atoms with Gasteiger partial charge in [-0.15, -0.1) is 11.3 Å².